The molecule has 2 rings (SSSR count). The molecule has 0 N–H and O–H groups in total. The van der Waals surface area contributed by atoms with Crippen LogP contribution in [0.4, 0.5) is 0 Å². The number of nitrogens with zero attached hydrogens (tertiary/aromatic N) is 1. The van der Waals surface area contributed by atoms with E-state index < -0.39 is 0 Å². The maximum Gasteiger partial charge on any atom is 0.181 e. The first-order valence-electron chi connectivity index (χ1n) is 5.49. The second kappa shape index (κ2) is 3.78. The van der Waals surface area contributed by atoms with Gasteiger partial charge in [0.25, 0.3) is 0 Å². The fourth-order valence-corrected chi connectivity index (χ4v) is 1.77. The lowest BCUT2D eigenvalue weighted by Gasteiger charge is -2.16. The second-order valence-corrected chi connectivity index (χ2v) is 5.15. The van der Waals surface area contributed by atoms with Gasteiger partial charge in [-0.2, -0.15) is 0 Å². The van der Waals surface area contributed by atoms with Gasteiger partial charge < -0.3 is 4.42 Å². The zero-order valence-corrected chi connectivity index (χ0v) is 10.2. The van der Waals surface area contributed by atoms with Gasteiger partial charge >= 0.3 is 0 Å². The van der Waals surface area contributed by atoms with E-state index in [-0.39, 0.29) is 5.41 Å². The van der Waals surface area contributed by atoms with Crippen LogP contribution in [0, 0.1) is 6.92 Å². The summed E-state index contributed by atoms with van der Waals surface area (Å²) in [6.45, 7) is 8.51. The average Bonchev–Trinajstić information content (AvgIpc) is 2.65. The van der Waals surface area contributed by atoms with E-state index in [1.54, 1.807) is 0 Å². The number of oxazole rings is 1. The van der Waals surface area contributed by atoms with Gasteiger partial charge in [0, 0.05) is 11.0 Å². The molecule has 0 aliphatic carbocycles. The van der Waals surface area contributed by atoms with Crippen molar-refractivity contribution in [3.05, 3.63) is 41.9 Å². The molecular weight excluding hydrogens is 198 g/mol. The van der Waals surface area contributed by atoms with E-state index in [0.717, 1.165) is 17.0 Å². The molecule has 1 heterocycles. The minimum Gasteiger partial charge on any atom is -0.443 e. The molecule has 0 atom stereocenters. The monoisotopic (exact) mass is 215 g/mol. The van der Waals surface area contributed by atoms with Crippen molar-refractivity contribution in [2.45, 2.75) is 33.1 Å². The van der Waals surface area contributed by atoms with Gasteiger partial charge in [0.2, 0.25) is 0 Å². The van der Waals surface area contributed by atoms with Crippen LogP contribution in [-0.4, -0.2) is 4.98 Å². The van der Waals surface area contributed by atoms with E-state index >= 15 is 0 Å². The largest absolute Gasteiger partial charge is 0.443 e. The van der Waals surface area contributed by atoms with Crippen LogP contribution in [0.3, 0.4) is 0 Å². The van der Waals surface area contributed by atoms with Gasteiger partial charge in [-0.15, -0.1) is 0 Å². The van der Waals surface area contributed by atoms with E-state index in [1.165, 1.54) is 12.0 Å². The predicted octanol–water partition coefficient (Wildman–Crippen LogP) is 3.95. The summed E-state index contributed by atoms with van der Waals surface area (Å²) < 4.78 is 5.52. The molecule has 0 amide bonds. The molecule has 2 aromatic rings. The smallest absolute Gasteiger partial charge is 0.181 e. The maximum atomic E-state index is 5.52. The van der Waals surface area contributed by atoms with Gasteiger partial charge in [-0.25, -0.2) is 4.98 Å². The highest BCUT2D eigenvalue weighted by Gasteiger charge is 2.23. The number of aromatic nitrogens is 1. The van der Waals surface area contributed by atoms with Crippen LogP contribution < -0.4 is 0 Å². The molecule has 16 heavy (non-hydrogen) atoms. The van der Waals surface area contributed by atoms with E-state index in [4.69, 9.17) is 4.42 Å². The normalized spacial score (nSPS) is 11.8. The first-order valence-corrected chi connectivity index (χ1v) is 5.49. The Morgan fingerprint density at radius 1 is 1.19 bits per heavy atom. The molecule has 0 aliphatic rings. The number of hydrogen-bond donors (Lipinski definition) is 0. The van der Waals surface area contributed by atoms with Crippen molar-refractivity contribution in [2.24, 2.45) is 0 Å². The summed E-state index contributed by atoms with van der Waals surface area (Å²) >= 11 is 0. The molecule has 0 unspecified atom stereocenters. The minimum atomic E-state index is 0.00603. The van der Waals surface area contributed by atoms with Crippen LogP contribution in [0.1, 0.15) is 32.0 Å². The summed E-state index contributed by atoms with van der Waals surface area (Å²) in [5, 5.41) is 0. The molecule has 0 saturated heterocycles. The molecule has 0 radical (unpaired) electrons. The van der Waals surface area contributed by atoms with Crippen molar-refractivity contribution in [1.29, 1.82) is 0 Å². The Labute approximate surface area is 96.3 Å². The highest BCUT2D eigenvalue weighted by atomic mass is 16.3. The molecular formula is C14H17NO. The van der Waals surface area contributed by atoms with Crippen LogP contribution >= 0.6 is 0 Å². The summed E-state index contributed by atoms with van der Waals surface area (Å²) in [4.78, 5) is 4.33. The van der Waals surface area contributed by atoms with Gasteiger partial charge in [0.15, 0.2) is 12.2 Å². The Morgan fingerprint density at radius 3 is 2.56 bits per heavy atom. The van der Waals surface area contributed by atoms with E-state index in [0.29, 0.717) is 0 Å². The van der Waals surface area contributed by atoms with Crippen LogP contribution in [-0.2, 0) is 5.41 Å². The lowest BCUT2D eigenvalue weighted by molar-refractivity contribution is 0.550. The molecule has 0 bridgehead atoms. The van der Waals surface area contributed by atoms with Crippen molar-refractivity contribution in [3.8, 4) is 11.3 Å². The summed E-state index contributed by atoms with van der Waals surface area (Å²) in [7, 11) is 0. The maximum absolute atomic E-state index is 5.52. The molecule has 0 spiro atoms. The number of rotatable bonds is 1. The standard InChI is InChI=1S/C14H17NO/c1-10-6-5-7-11(8-10)12-13(14(2,3)4)15-9-16-12/h5-9H,1-4H3. The summed E-state index contributed by atoms with van der Waals surface area (Å²) in [6, 6.07) is 8.30. The van der Waals surface area contributed by atoms with Gasteiger partial charge in [0.05, 0.1) is 5.69 Å². The molecule has 0 aliphatic heterocycles. The number of aryl methyl sites for hydroxylation is 1. The zero-order chi connectivity index (χ0) is 11.8. The molecule has 1 aromatic heterocycles. The predicted molar refractivity (Wildman–Crippen MR) is 65.4 cm³/mol. The van der Waals surface area contributed by atoms with Crippen LogP contribution in [0.25, 0.3) is 11.3 Å². The first-order chi connectivity index (χ1) is 7.48. The molecule has 2 nitrogen and oxygen atoms in total. The molecule has 1 aromatic carbocycles. The molecule has 84 valence electrons. The van der Waals surface area contributed by atoms with Gasteiger partial charge in [-0.05, 0) is 13.0 Å². The summed E-state index contributed by atoms with van der Waals surface area (Å²) in [5.74, 6) is 0.885. The summed E-state index contributed by atoms with van der Waals surface area (Å²) in [6.07, 6.45) is 1.53. The number of benzene rings is 1. The van der Waals surface area contributed by atoms with Crippen LogP contribution in [0.5, 0.6) is 0 Å². The molecule has 2 heteroatoms. The van der Waals surface area contributed by atoms with Crippen molar-refractivity contribution < 1.29 is 4.42 Å². The topological polar surface area (TPSA) is 26.0 Å². The van der Waals surface area contributed by atoms with Crippen molar-refractivity contribution in [2.75, 3.05) is 0 Å². The van der Waals surface area contributed by atoms with Crippen molar-refractivity contribution >= 4 is 0 Å². The lowest BCUT2D eigenvalue weighted by atomic mass is 9.89. The van der Waals surface area contributed by atoms with Gasteiger partial charge in [0.1, 0.15) is 0 Å². The fraction of sp³-hybridized carbons (Fsp3) is 0.357. The Bertz CT molecular complexity index is 491. The van der Waals surface area contributed by atoms with Crippen molar-refractivity contribution in [3.63, 3.8) is 0 Å². The molecule has 0 fully saturated rings. The lowest BCUT2D eigenvalue weighted by Crippen LogP contribution is -2.12. The second-order valence-electron chi connectivity index (χ2n) is 5.15. The third kappa shape index (κ3) is 2.01. The Hall–Kier alpha value is -1.57. The van der Waals surface area contributed by atoms with Crippen molar-refractivity contribution in [1.82, 2.24) is 4.98 Å². The van der Waals surface area contributed by atoms with Gasteiger partial charge in [-0.1, -0.05) is 44.5 Å². The quantitative estimate of drug-likeness (QED) is 0.720. The SMILES string of the molecule is Cc1cccc(-c2ocnc2C(C)(C)C)c1. The van der Waals surface area contributed by atoms with E-state index in [2.05, 4.69) is 50.9 Å². The summed E-state index contributed by atoms with van der Waals surface area (Å²) in [5.41, 5.74) is 3.35. The first kappa shape index (κ1) is 10.9. The van der Waals surface area contributed by atoms with Crippen LogP contribution in [0.15, 0.2) is 35.1 Å². The van der Waals surface area contributed by atoms with E-state index in [9.17, 15) is 0 Å². The Kier molecular flexibility index (Phi) is 2.58. The Balaban J connectivity index is 2.53. The fourth-order valence-electron chi connectivity index (χ4n) is 1.77. The van der Waals surface area contributed by atoms with E-state index in [1.807, 2.05) is 6.07 Å². The average molecular weight is 215 g/mol. The zero-order valence-electron chi connectivity index (χ0n) is 10.2. The minimum absolute atomic E-state index is 0.00603. The Morgan fingerprint density at radius 2 is 1.94 bits per heavy atom. The highest BCUT2D eigenvalue weighted by Crippen LogP contribution is 2.32. The molecule has 0 saturated carbocycles. The third-order valence-electron chi connectivity index (χ3n) is 2.56. The highest BCUT2D eigenvalue weighted by molar-refractivity contribution is 5.61. The van der Waals surface area contributed by atoms with Crippen LogP contribution in [0.2, 0.25) is 0 Å². The van der Waals surface area contributed by atoms with Gasteiger partial charge in [-0.3, -0.25) is 0 Å². The number of hydrogen-bond acceptors (Lipinski definition) is 2. The third-order valence-corrected chi connectivity index (χ3v) is 2.56.